The molecule has 0 amide bonds. The Labute approximate surface area is 108 Å². The zero-order valence-corrected chi connectivity index (χ0v) is 10.7. The van der Waals surface area contributed by atoms with Crippen LogP contribution in [-0.4, -0.2) is 4.98 Å². The van der Waals surface area contributed by atoms with Gasteiger partial charge in [0, 0.05) is 18.3 Å². The number of ether oxygens (including phenoxy) is 1. The monoisotopic (exact) mass is 242 g/mol. The first kappa shape index (κ1) is 12.6. The molecule has 1 aromatic carbocycles. The maximum atomic E-state index is 5.78. The highest BCUT2D eigenvalue weighted by Gasteiger charge is 2.07. The summed E-state index contributed by atoms with van der Waals surface area (Å²) in [5, 5.41) is 0. The van der Waals surface area contributed by atoms with Crippen LogP contribution in [0.5, 0.6) is 5.88 Å². The van der Waals surface area contributed by atoms with Crippen LogP contribution in [0.2, 0.25) is 0 Å². The molecule has 0 radical (unpaired) electrons. The standard InChI is InChI=1S/C15H18N2O/c1-11(16)14-8-9-15(17-10-14)18-12(2)13-6-4-3-5-7-13/h3-12H,16H2,1-2H3/t11-,12?/m0/s1. The minimum atomic E-state index is -0.0140. The minimum absolute atomic E-state index is 0.00176. The number of aromatic nitrogens is 1. The van der Waals surface area contributed by atoms with Gasteiger partial charge in [-0.25, -0.2) is 4.98 Å². The van der Waals surface area contributed by atoms with E-state index in [1.54, 1.807) is 6.20 Å². The van der Waals surface area contributed by atoms with E-state index < -0.39 is 0 Å². The number of rotatable bonds is 4. The van der Waals surface area contributed by atoms with Crippen molar-refractivity contribution in [2.45, 2.75) is 26.0 Å². The van der Waals surface area contributed by atoms with E-state index >= 15 is 0 Å². The summed E-state index contributed by atoms with van der Waals surface area (Å²) in [5.41, 5.74) is 7.92. The highest BCUT2D eigenvalue weighted by molar-refractivity contribution is 5.22. The van der Waals surface area contributed by atoms with Crippen LogP contribution in [0.3, 0.4) is 0 Å². The molecule has 18 heavy (non-hydrogen) atoms. The zero-order valence-electron chi connectivity index (χ0n) is 10.7. The number of hydrogen-bond acceptors (Lipinski definition) is 3. The highest BCUT2D eigenvalue weighted by atomic mass is 16.5. The SMILES string of the molecule is CC(Oc1ccc([C@H](C)N)cn1)c1ccccc1. The predicted molar refractivity (Wildman–Crippen MR) is 72.3 cm³/mol. The molecule has 1 aromatic heterocycles. The molecule has 2 aromatic rings. The van der Waals surface area contributed by atoms with Gasteiger partial charge in [0.15, 0.2) is 0 Å². The molecule has 0 saturated carbocycles. The molecule has 3 heteroatoms. The molecule has 0 fully saturated rings. The Kier molecular flexibility index (Phi) is 3.95. The third-order valence-electron chi connectivity index (χ3n) is 2.85. The Morgan fingerprint density at radius 3 is 2.28 bits per heavy atom. The van der Waals surface area contributed by atoms with E-state index in [2.05, 4.69) is 4.98 Å². The van der Waals surface area contributed by atoms with Crippen molar-refractivity contribution >= 4 is 0 Å². The molecule has 0 aliphatic heterocycles. The van der Waals surface area contributed by atoms with E-state index in [1.165, 1.54) is 0 Å². The van der Waals surface area contributed by atoms with E-state index in [-0.39, 0.29) is 12.1 Å². The number of pyridine rings is 1. The second-order valence-electron chi connectivity index (χ2n) is 4.39. The van der Waals surface area contributed by atoms with Crippen LogP contribution in [0.15, 0.2) is 48.7 Å². The molecule has 94 valence electrons. The maximum absolute atomic E-state index is 5.78. The lowest BCUT2D eigenvalue weighted by Gasteiger charge is -2.14. The molecule has 1 unspecified atom stereocenters. The van der Waals surface area contributed by atoms with Crippen LogP contribution >= 0.6 is 0 Å². The molecule has 3 nitrogen and oxygen atoms in total. The molecule has 0 bridgehead atoms. The first-order valence-electron chi connectivity index (χ1n) is 6.10. The molecule has 0 saturated heterocycles. The van der Waals surface area contributed by atoms with Crippen molar-refractivity contribution in [1.29, 1.82) is 0 Å². The summed E-state index contributed by atoms with van der Waals surface area (Å²) in [4.78, 5) is 4.26. The number of nitrogens with two attached hydrogens (primary N) is 1. The quantitative estimate of drug-likeness (QED) is 0.895. The van der Waals surface area contributed by atoms with Gasteiger partial charge in [-0.2, -0.15) is 0 Å². The molecule has 1 heterocycles. The van der Waals surface area contributed by atoms with E-state index in [9.17, 15) is 0 Å². The van der Waals surface area contributed by atoms with E-state index in [4.69, 9.17) is 10.5 Å². The Bertz CT molecular complexity index is 480. The molecule has 0 aliphatic carbocycles. The van der Waals surface area contributed by atoms with Crippen LogP contribution in [0.25, 0.3) is 0 Å². The zero-order chi connectivity index (χ0) is 13.0. The lowest BCUT2D eigenvalue weighted by atomic mass is 10.1. The van der Waals surface area contributed by atoms with Crippen molar-refractivity contribution < 1.29 is 4.74 Å². The van der Waals surface area contributed by atoms with Crippen LogP contribution in [0.4, 0.5) is 0 Å². The van der Waals surface area contributed by atoms with E-state index in [0.717, 1.165) is 11.1 Å². The predicted octanol–water partition coefficient (Wildman–Crippen LogP) is 3.24. The normalized spacial score (nSPS) is 13.9. The fourth-order valence-corrected chi connectivity index (χ4v) is 1.70. The van der Waals surface area contributed by atoms with Gasteiger partial charge < -0.3 is 10.5 Å². The molecule has 2 atom stereocenters. The molecule has 2 rings (SSSR count). The van der Waals surface area contributed by atoms with Gasteiger partial charge in [-0.3, -0.25) is 0 Å². The summed E-state index contributed by atoms with van der Waals surface area (Å²) in [5.74, 6) is 0.621. The summed E-state index contributed by atoms with van der Waals surface area (Å²) in [6.07, 6.45) is 1.75. The first-order chi connectivity index (χ1) is 8.66. The lowest BCUT2D eigenvalue weighted by molar-refractivity contribution is 0.217. The van der Waals surface area contributed by atoms with E-state index in [1.807, 2.05) is 56.3 Å². The van der Waals surface area contributed by atoms with Crippen LogP contribution in [0.1, 0.15) is 37.1 Å². The Balaban J connectivity index is 2.05. The summed E-state index contributed by atoms with van der Waals surface area (Å²) < 4.78 is 5.78. The minimum Gasteiger partial charge on any atom is -0.470 e. The molecular weight excluding hydrogens is 224 g/mol. The molecule has 2 N–H and O–H groups in total. The van der Waals surface area contributed by atoms with Gasteiger partial charge in [0.05, 0.1) is 0 Å². The fraction of sp³-hybridized carbons (Fsp3) is 0.267. The highest BCUT2D eigenvalue weighted by Crippen LogP contribution is 2.20. The summed E-state index contributed by atoms with van der Waals surface area (Å²) in [6, 6.07) is 13.9. The van der Waals surface area contributed by atoms with Crippen LogP contribution in [-0.2, 0) is 0 Å². The number of nitrogens with zero attached hydrogens (tertiary/aromatic N) is 1. The Morgan fingerprint density at radius 2 is 1.72 bits per heavy atom. The van der Waals surface area contributed by atoms with Crippen molar-refractivity contribution in [2.24, 2.45) is 5.73 Å². The first-order valence-corrected chi connectivity index (χ1v) is 6.10. The van der Waals surface area contributed by atoms with Gasteiger partial charge in [0.2, 0.25) is 5.88 Å². The largest absolute Gasteiger partial charge is 0.470 e. The second-order valence-corrected chi connectivity index (χ2v) is 4.39. The third-order valence-corrected chi connectivity index (χ3v) is 2.85. The van der Waals surface area contributed by atoms with Crippen molar-refractivity contribution in [1.82, 2.24) is 4.98 Å². The topological polar surface area (TPSA) is 48.1 Å². The fourth-order valence-electron chi connectivity index (χ4n) is 1.70. The summed E-state index contributed by atoms with van der Waals surface area (Å²) in [6.45, 7) is 3.95. The number of benzene rings is 1. The second kappa shape index (κ2) is 5.65. The van der Waals surface area contributed by atoms with Crippen LogP contribution < -0.4 is 10.5 Å². The number of hydrogen-bond donors (Lipinski definition) is 1. The van der Waals surface area contributed by atoms with Crippen molar-refractivity contribution in [2.75, 3.05) is 0 Å². The van der Waals surface area contributed by atoms with Gasteiger partial charge in [-0.05, 0) is 25.0 Å². The summed E-state index contributed by atoms with van der Waals surface area (Å²) >= 11 is 0. The Morgan fingerprint density at radius 1 is 1.00 bits per heavy atom. The van der Waals surface area contributed by atoms with Crippen molar-refractivity contribution in [3.05, 3.63) is 59.8 Å². The van der Waals surface area contributed by atoms with Gasteiger partial charge in [0.1, 0.15) is 6.10 Å². The maximum Gasteiger partial charge on any atom is 0.213 e. The molecular formula is C15H18N2O. The van der Waals surface area contributed by atoms with Crippen molar-refractivity contribution in [3.63, 3.8) is 0 Å². The van der Waals surface area contributed by atoms with Gasteiger partial charge in [-0.1, -0.05) is 36.4 Å². The van der Waals surface area contributed by atoms with Crippen molar-refractivity contribution in [3.8, 4) is 5.88 Å². The summed E-state index contributed by atoms with van der Waals surface area (Å²) in [7, 11) is 0. The average Bonchev–Trinajstić information content (AvgIpc) is 2.40. The lowest BCUT2D eigenvalue weighted by Crippen LogP contribution is -2.07. The van der Waals surface area contributed by atoms with Crippen LogP contribution in [0, 0.1) is 0 Å². The smallest absolute Gasteiger partial charge is 0.213 e. The Hall–Kier alpha value is -1.87. The molecule has 0 spiro atoms. The average molecular weight is 242 g/mol. The third kappa shape index (κ3) is 3.08. The molecule has 0 aliphatic rings. The van der Waals surface area contributed by atoms with Gasteiger partial charge in [0.25, 0.3) is 0 Å². The van der Waals surface area contributed by atoms with Gasteiger partial charge >= 0.3 is 0 Å². The van der Waals surface area contributed by atoms with Gasteiger partial charge in [-0.15, -0.1) is 0 Å². The van der Waals surface area contributed by atoms with E-state index in [0.29, 0.717) is 5.88 Å².